The highest BCUT2D eigenvalue weighted by molar-refractivity contribution is 7.09. The molecule has 0 radical (unpaired) electrons. The van der Waals surface area contributed by atoms with Gasteiger partial charge in [-0.05, 0) is 19.8 Å². The highest BCUT2D eigenvalue weighted by Crippen LogP contribution is 2.32. The van der Waals surface area contributed by atoms with Gasteiger partial charge < -0.3 is 10.4 Å². The summed E-state index contributed by atoms with van der Waals surface area (Å²) < 4.78 is 4.33. The fraction of sp³-hybridized carbons (Fsp3) is 0.727. The number of hydrogen-bond donors (Lipinski definition) is 2. The predicted octanol–water partition coefficient (Wildman–Crippen LogP) is 2.47. The van der Waals surface area contributed by atoms with Crippen molar-refractivity contribution in [3.05, 3.63) is 5.82 Å². The van der Waals surface area contributed by atoms with Gasteiger partial charge in [-0.15, -0.1) is 0 Å². The third kappa shape index (κ3) is 3.15. The molecular formula is C11H17N3O2S. The van der Waals surface area contributed by atoms with E-state index in [2.05, 4.69) is 14.7 Å². The first-order valence-corrected chi connectivity index (χ1v) is 6.77. The number of nitrogens with zero attached hydrogens (tertiary/aromatic N) is 2. The second kappa shape index (κ2) is 5.44. The number of hydrogen-bond acceptors (Lipinski definition) is 5. The second-order valence-electron chi connectivity index (χ2n) is 4.50. The van der Waals surface area contributed by atoms with Crippen LogP contribution in [0.25, 0.3) is 0 Å². The van der Waals surface area contributed by atoms with Crippen LogP contribution in [0.5, 0.6) is 0 Å². The number of carbonyl (C=O) groups is 1. The van der Waals surface area contributed by atoms with Gasteiger partial charge in [0, 0.05) is 17.5 Å². The summed E-state index contributed by atoms with van der Waals surface area (Å²) in [6.45, 7) is 1.60. The molecule has 94 valence electrons. The molecule has 0 bridgehead atoms. The van der Waals surface area contributed by atoms with E-state index in [9.17, 15) is 4.79 Å². The number of aliphatic carboxylic acids is 1. The Hall–Kier alpha value is -1.17. The average molecular weight is 255 g/mol. The van der Waals surface area contributed by atoms with Crippen molar-refractivity contribution in [3.63, 3.8) is 0 Å². The Balaban J connectivity index is 1.97. The van der Waals surface area contributed by atoms with Gasteiger partial charge in [-0.1, -0.05) is 19.3 Å². The van der Waals surface area contributed by atoms with Gasteiger partial charge in [0.15, 0.2) is 0 Å². The molecule has 1 saturated carbocycles. The predicted molar refractivity (Wildman–Crippen MR) is 66.5 cm³/mol. The van der Waals surface area contributed by atoms with Crippen LogP contribution in [-0.4, -0.2) is 26.5 Å². The highest BCUT2D eigenvalue weighted by Gasteiger charge is 2.20. The Kier molecular flexibility index (Phi) is 3.93. The highest BCUT2D eigenvalue weighted by atomic mass is 32.1. The third-order valence-electron chi connectivity index (χ3n) is 3.12. The van der Waals surface area contributed by atoms with E-state index in [0.717, 1.165) is 18.7 Å². The molecule has 0 amide bonds. The lowest BCUT2D eigenvalue weighted by Gasteiger charge is -2.18. The molecule has 1 aromatic heterocycles. The third-order valence-corrected chi connectivity index (χ3v) is 3.78. The summed E-state index contributed by atoms with van der Waals surface area (Å²) in [6.07, 6.45) is 6.12. The van der Waals surface area contributed by atoms with Gasteiger partial charge in [0.25, 0.3) is 0 Å². The summed E-state index contributed by atoms with van der Waals surface area (Å²) in [5, 5.41) is 12.3. The Labute approximate surface area is 104 Å². The Morgan fingerprint density at radius 1 is 1.47 bits per heavy atom. The van der Waals surface area contributed by atoms with Crippen molar-refractivity contribution >= 4 is 22.6 Å². The molecule has 0 aromatic carbocycles. The van der Waals surface area contributed by atoms with Gasteiger partial charge in [0.1, 0.15) is 11.9 Å². The molecule has 0 aliphatic heterocycles. The van der Waals surface area contributed by atoms with E-state index in [1.807, 2.05) is 0 Å². The molecule has 17 heavy (non-hydrogen) atoms. The summed E-state index contributed by atoms with van der Waals surface area (Å²) >= 11 is 1.25. The number of carboxylic acid groups (broad SMARTS) is 1. The van der Waals surface area contributed by atoms with Gasteiger partial charge in [-0.25, -0.2) is 4.98 Å². The zero-order chi connectivity index (χ0) is 12.3. The molecule has 1 aliphatic carbocycles. The molecule has 0 saturated heterocycles. The average Bonchev–Trinajstić information content (AvgIpc) is 2.78. The minimum Gasteiger partial charge on any atom is -0.480 e. The van der Waals surface area contributed by atoms with Gasteiger partial charge in [0.05, 0.1) is 0 Å². The first-order chi connectivity index (χ1) is 8.16. The molecule has 2 rings (SSSR count). The maximum absolute atomic E-state index is 10.7. The first kappa shape index (κ1) is 12.3. The molecule has 1 aliphatic rings. The molecule has 1 fully saturated rings. The summed E-state index contributed by atoms with van der Waals surface area (Å²) in [7, 11) is 0. The summed E-state index contributed by atoms with van der Waals surface area (Å²) in [5.41, 5.74) is 0. The number of rotatable bonds is 4. The summed E-state index contributed by atoms with van der Waals surface area (Å²) in [4.78, 5) is 15.1. The van der Waals surface area contributed by atoms with Crippen LogP contribution in [0.2, 0.25) is 0 Å². The lowest BCUT2D eigenvalue weighted by atomic mass is 9.89. The fourth-order valence-electron chi connectivity index (χ4n) is 2.07. The van der Waals surface area contributed by atoms with E-state index >= 15 is 0 Å². The molecule has 1 unspecified atom stereocenters. The standard InChI is InChI=1S/C11H17N3O2S/c1-7(10(15)16)12-11-13-9(14-17-11)8-5-3-2-4-6-8/h7-8H,2-6H2,1H3,(H,15,16)(H,12,13,14). The van der Waals surface area contributed by atoms with E-state index in [1.165, 1.54) is 30.8 Å². The van der Waals surface area contributed by atoms with Gasteiger partial charge in [0.2, 0.25) is 5.13 Å². The molecule has 6 heteroatoms. The van der Waals surface area contributed by atoms with Crippen molar-refractivity contribution in [3.8, 4) is 0 Å². The van der Waals surface area contributed by atoms with Crippen molar-refractivity contribution in [1.82, 2.24) is 9.36 Å². The van der Waals surface area contributed by atoms with Gasteiger partial charge in [-0.2, -0.15) is 4.37 Å². The maximum atomic E-state index is 10.7. The van der Waals surface area contributed by atoms with Crippen LogP contribution in [0, 0.1) is 0 Å². The van der Waals surface area contributed by atoms with Gasteiger partial charge in [-0.3, -0.25) is 4.79 Å². The molecule has 1 aromatic rings. The molecule has 0 spiro atoms. The van der Waals surface area contributed by atoms with Crippen LogP contribution in [-0.2, 0) is 4.79 Å². The molecular weight excluding hydrogens is 238 g/mol. The monoisotopic (exact) mass is 255 g/mol. The minimum absolute atomic E-state index is 0.468. The number of aromatic nitrogens is 2. The lowest BCUT2D eigenvalue weighted by Crippen LogP contribution is -2.25. The second-order valence-corrected chi connectivity index (χ2v) is 5.25. The van der Waals surface area contributed by atoms with Crippen LogP contribution < -0.4 is 5.32 Å². The largest absolute Gasteiger partial charge is 0.480 e. The first-order valence-electron chi connectivity index (χ1n) is 6.00. The van der Waals surface area contributed by atoms with E-state index in [0.29, 0.717) is 11.0 Å². The van der Waals surface area contributed by atoms with Gasteiger partial charge >= 0.3 is 5.97 Å². The minimum atomic E-state index is -0.876. The van der Waals surface area contributed by atoms with Crippen molar-refractivity contribution in [2.45, 2.75) is 51.0 Å². The number of nitrogens with one attached hydrogen (secondary N) is 1. The van der Waals surface area contributed by atoms with Crippen LogP contribution in [0.4, 0.5) is 5.13 Å². The molecule has 2 N–H and O–H groups in total. The van der Waals surface area contributed by atoms with Crippen molar-refractivity contribution in [1.29, 1.82) is 0 Å². The van der Waals surface area contributed by atoms with Crippen molar-refractivity contribution < 1.29 is 9.90 Å². The summed E-state index contributed by atoms with van der Waals surface area (Å²) in [5.74, 6) is 0.477. The SMILES string of the molecule is CC(Nc1nc(C2CCCCC2)ns1)C(=O)O. The fourth-order valence-corrected chi connectivity index (χ4v) is 2.80. The normalized spacial score (nSPS) is 18.9. The Bertz CT molecular complexity index is 388. The molecule has 5 nitrogen and oxygen atoms in total. The van der Waals surface area contributed by atoms with E-state index in [-0.39, 0.29) is 0 Å². The van der Waals surface area contributed by atoms with Crippen LogP contribution in [0.15, 0.2) is 0 Å². The molecule has 1 atom stereocenters. The van der Waals surface area contributed by atoms with Crippen LogP contribution in [0.1, 0.15) is 50.8 Å². The number of anilines is 1. The van der Waals surface area contributed by atoms with Crippen molar-refractivity contribution in [2.24, 2.45) is 0 Å². The van der Waals surface area contributed by atoms with Crippen LogP contribution in [0.3, 0.4) is 0 Å². The van der Waals surface area contributed by atoms with E-state index in [4.69, 9.17) is 5.11 Å². The topological polar surface area (TPSA) is 75.1 Å². The van der Waals surface area contributed by atoms with E-state index < -0.39 is 12.0 Å². The smallest absolute Gasteiger partial charge is 0.325 e. The Morgan fingerprint density at radius 3 is 2.82 bits per heavy atom. The zero-order valence-electron chi connectivity index (χ0n) is 9.85. The van der Waals surface area contributed by atoms with E-state index in [1.54, 1.807) is 6.92 Å². The summed E-state index contributed by atoms with van der Waals surface area (Å²) in [6, 6.07) is -0.623. The quantitative estimate of drug-likeness (QED) is 0.864. The Morgan fingerprint density at radius 2 is 2.18 bits per heavy atom. The zero-order valence-corrected chi connectivity index (χ0v) is 10.7. The molecule has 1 heterocycles. The maximum Gasteiger partial charge on any atom is 0.325 e. The lowest BCUT2D eigenvalue weighted by molar-refractivity contribution is -0.137. The van der Waals surface area contributed by atoms with Crippen molar-refractivity contribution in [2.75, 3.05) is 5.32 Å². The van der Waals surface area contributed by atoms with Crippen LogP contribution >= 0.6 is 11.5 Å². The number of carboxylic acids is 1.